The number of carbonyl (C=O) groups is 2. The summed E-state index contributed by atoms with van der Waals surface area (Å²) in [5, 5.41) is 13.1. The van der Waals surface area contributed by atoms with Crippen molar-refractivity contribution in [1.82, 2.24) is 10.2 Å². The first kappa shape index (κ1) is 18.9. The molecule has 2 aromatic carbocycles. The highest BCUT2D eigenvalue weighted by molar-refractivity contribution is 6.06. The van der Waals surface area contributed by atoms with Crippen LogP contribution < -0.4 is 10.1 Å². The number of ether oxygens (including phenoxy) is 1. The number of rotatable bonds is 7. The van der Waals surface area contributed by atoms with Gasteiger partial charge in [0, 0.05) is 0 Å². The lowest BCUT2D eigenvalue weighted by Gasteiger charge is -2.22. The monoisotopic (exact) mass is 368 g/mol. The van der Waals surface area contributed by atoms with E-state index >= 15 is 0 Å². The number of urea groups is 1. The van der Waals surface area contributed by atoms with Crippen molar-refractivity contribution < 1.29 is 19.4 Å². The summed E-state index contributed by atoms with van der Waals surface area (Å²) in [7, 11) is 1.61. The number of hydrogen-bond donors (Lipinski definition) is 2. The molecule has 0 aliphatic carbocycles. The minimum absolute atomic E-state index is 0.0627. The number of amides is 3. The number of benzene rings is 2. The molecule has 2 atom stereocenters. The second-order valence-corrected chi connectivity index (χ2v) is 6.95. The normalized spacial score (nSPS) is 20.5. The molecule has 3 amide bonds. The van der Waals surface area contributed by atoms with Gasteiger partial charge in [-0.05, 0) is 43.0 Å². The van der Waals surface area contributed by atoms with Gasteiger partial charge in [0.15, 0.2) is 0 Å². The van der Waals surface area contributed by atoms with Crippen molar-refractivity contribution in [3.63, 3.8) is 0 Å². The first-order valence-corrected chi connectivity index (χ1v) is 8.93. The van der Waals surface area contributed by atoms with Crippen LogP contribution >= 0.6 is 0 Å². The van der Waals surface area contributed by atoms with Crippen LogP contribution in [-0.4, -0.2) is 41.1 Å². The van der Waals surface area contributed by atoms with Crippen molar-refractivity contribution in [3.8, 4) is 5.75 Å². The number of nitrogens with one attached hydrogen (secondary N) is 1. The molecule has 6 nitrogen and oxygen atoms in total. The summed E-state index contributed by atoms with van der Waals surface area (Å²) in [4.78, 5) is 26.3. The number of β-amino-alcohol motifs (C(OH)–C–C–N with tert-alkyl or cyclic N) is 1. The van der Waals surface area contributed by atoms with E-state index in [-0.39, 0.29) is 12.5 Å². The number of aliphatic hydroxyl groups is 1. The zero-order valence-electron chi connectivity index (χ0n) is 15.5. The van der Waals surface area contributed by atoms with Gasteiger partial charge in [-0.1, -0.05) is 42.5 Å². The van der Waals surface area contributed by atoms with Gasteiger partial charge in [0.1, 0.15) is 11.3 Å². The third kappa shape index (κ3) is 4.11. The van der Waals surface area contributed by atoms with Crippen LogP contribution in [0.2, 0.25) is 0 Å². The van der Waals surface area contributed by atoms with Gasteiger partial charge in [0.2, 0.25) is 0 Å². The van der Waals surface area contributed by atoms with E-state index in [9.17, 15) is 14.7 Å². The summed E-state index contributed by atoms with van der Waals surface area (Å²) in [6.45, 7) is 1.67. The van der Waals surface area contributed by atoms with E-state index < -0.39 is 17.7 Å². The molecule has 3 rings (SSSR count). The van der Waals surface area contributed by atoms with Gasteiger partial charge < -0.3 is 15.2 Å². The molecule has 1 aliphatic rings. The largest absolute Gasteiger partial charge is 0.497 e. The van der Waals surface area contributed by atoms with Crippen LogP contribution in [0.15, 0.2) is 54.6 Å². The maximum atomic E-state index is 12.8. The molecule has 0 bridgehead atoms. The molecule has 6 heteroatoms. The van der Waals surface area contributed by atoms with Crippen molar-refractivity contribution in [2.45, 2.75) is 31.4 Å². The Bertz CT molecular complexity index is 807. The van der Waals surface area contributed by atoms with Gasteiger partial charge in [0.05, 0.1) is 19.8 Å². The highest BCUT2D eigenvalue weighted by Gasteiger charge is 2.47. The van der Waals surface area contributed by atoms with Crippen molar-refractivity contribution in [1.29, 1.82) is 0 Å². The number of aryl methyl sites for hydroxylation is 1. The Morgan fingerprint density at radius 3 is 2.41 bits per heavy atom. The molecular formula is C21H24N2O4. The summed E-state index contributed by atoms with van der Waals surface area (Å²) >= 11 is 0. The fourth-order valence-corrected chi connectivity index (χ4v) is 3.22. The van der Waals surface area contributed by atoms with Gasteiger partial charge in [-0.2, -0.15) is 0 Å². The first-order valence-electron chi connectivity index (χ1n) is 8.93. The minimum Gasteiger partial charge on any atom is -0.497 e. The molecular weight excluding hydrogens is 344 g/mol. The summed E-state index contributed by atoms with van der Waals surface area (Å²) in [6, 6.07) is 16.2. The van der Waals surface area contributed by atoms with Crippen LogP contribution in [0.3, 0.4) is 0 Å². The minimum atomic E-state index is -0.979. The van der Waals surface area contributed by atoms with Crippen LogP contribution in [-0.2, 0) is 11.2 Å². The van der Waals surface area contributed by atoms with E-state index in [4.69, 9.17) is 4.74 Å². The Labute approximate surface area is 158 Å². The molecule has 1 saturated heterocycles. The van der Waals surface area contributed by atoms with E-state index in [0.29, 0.717) is 18.4 Å². The van der Waals surface area contributed by atoms with E-state index in [1.54, 1.807) is 26.2 Å². The van der Waals surface area contributed by atoms with E-state index in [2.05, 4.69) is 5.32 Å². The van der Waals surface area contributed by atoms with Crippen LogP contribution in [0.25, 0.3) is 0 Å². The molecule has 1 aliphatic heterocycles. The molecule has 2 aromatic rings. The van der Waals surface area contributed by atoms with Crippen molar-refractivity contribution in [2.75, 3.05) is 13.7 Å². The lowest BCUT2D eigenvalue weighted by Crippen LogP contribution is -2.44. The molecule has 1 heterocycles. The van der Waals surface area contributed by atoms with Crippen molar-refractivity contribution >= 4 is 11.9 Å². The molecule has 0 aromatic heterocycles. The molecule has 0 radical (unpaired) electrons. The molecule has 27 heavy (non-hydrogen) atoms. The third-order valence-corrected chi connectivity index (χ3v) is 4.96. The number of hydrogen-bond acceptors (Lipinski definition) is 4. The fraction of sp³-hybridized carbons (Fsp3) is 0.333. The average molecular weight is 368 g/mol. The summed E-state index contributed by atoms with van der Waals surface area (Å²) in [5.41, 5.74) is 0.750. The topological polar surface area (TPSA) is 78.9 Å². The number of methoxy groups -OCH3 is 1. The summed E-state index contributed by atoms with van der Waals surface area (Å²) in [5.74, 6) is 0.465. The summed E-state index contributed by atoms with van der Waals surface area (Å²) < 4.78 is 5.14. The molecule has 142 valence electrons. The number of nitrogens with zero attached hydrogens (tertiary/aromatic N) is 1. The lowest BCUT2D eigenvalue weighted by atomic mass is 9.93. The van der Waals surface area contributed by atoms with Gasteiger partial charge in [-0.3, -0.25) is 9.69 Å². The maximum absolute atomic E-state index is 12.8. The Morgan fingerprint density at radius 1 is 1.11 bits per heavy atom. The fourth-order valence-electron chi connectivity index (χ4n) is 3.22. The predicted molar refractivity (Wildman–Crippen MR) is 101 cm³/mol. The van der Waals surface area contributed by atoms with Crippen LogP contribution in [0.1, 0.15) is 30.6 Å². The molecule has 0 unspecified atom stereocenters. The second kappa shape index (κ2) is 7.80. The molecule has 1 fully saturated rings. The zero-order chi connectivity index (χ0) is 19.4. The third-order valence-electron chi connectivity index (χ3n) is 4.96. The average Bonchev–Trinajstić information content (AvgIpc) is 2.91. The Kier molecular flexibility index (Phi) is 5.46. The first-order chi connectivity index (χ1) is 12.9. The standard InChI is InChI=1S/C21H24N2O4/c1-21(13-12-15-8-10-17(27-2)11-9-15)19(25)23(20(26)22-21)14-18(24)16-6-4-3-5-7-16/h3-11,18,24H,12-14H2,1-2H3,(H,22,26)/t18-,21+/m0/s1. The SMILES string of the molecule is COc1ccc(CC[C@@]2(C)NC(=O)N(C[C@H](O)c3ccccc3)C2=O)cc1. The van der Waals surface area contributed by atoms with E-state index in [0.717, 1.165) is 16.2 Å². The maximum Gasteiger partial charge on any atom is 0.325 e. The zero-order valence-corrected chi connectivity index (χ0v) is 15.5. The second-order valence-electron chi connectivity index (χ2n) is 6.95. The van der Waals surface area contributed by atoms with Gasteiger partial charge in [0.25, 0.3) is 5.91 Å². The molecule has 0 spiro atoms. The molecule has 2 N–H and O–H groups in total. The van der Waals surface area contributed by atoms with E-state index in [1.165, 1.54) is 0 Å². The van der Waals surface area contributed by atoms with Crippen LogP contribution in [0, 0.1) is 0 Å². The smallest absolute Gasteiger partial charge is 0.325 e. The highest BCUT2D eigenvalue weighted by atomic mass is 16.5. The highest BCUT2D eigenvalue weighted by Crippen LogP contribution is 2.26. The van der Waals surface area contributed by atoms with Crippen molar-refractivity contribution in [2.24, 2.45) is 0 Å². The number of aliphatic hydroxyl groups excluding tert-OH is 1. The Hall–Kier alpha value is -2.86. The quantitative estimate of drug-likeness (QED) is 0.737. The van der Waals surface area contributed by atoms with Crippen molar-refractivity contribution in [3.05, 3.63) is 65.7 Å². The van der Waals surface area contributed by atoms with Gasteiger partial charge >= 0.3 is 6.03 Å². The Balaban J connectivity index is 1.64. The van der Waals surface area contributed by atoms with Gasteiger partial charge in [-0.25, -0.2) is 4.79 Å². The number of carbonyl (C=O) groups excluding carboxylic acids is 2. The van der Waals surface area contributed by atoms with E-state index in [1.807, 2.05) is 42.5 Å². The molecule has 0 saturated carbocycles. The van der Waals surface area contributed by atoms with Crippen LogP contribution in [0.4, 0.5) is 4.79 Å². The predicted octanol–water partition coefficient (Wildman–Crippen LogP) is 2.67. The number of imide groups is 1. The lowest BCUT2D eigenvalue weighted by molar-refractivity contribution is -0.132. The summed E-state index contributed by atoms with van der Waals surface area (Å²) in [6.07, 6.45) is 0.202. The van der Waals surface area contributed by atoms with Gasteiger partial charge in [-0.15, -0.1) is 0 Å². The Morgan fingerprint density at radius 2 is 1.78 bits per heavy atom. The van der Waals surface area contributed by atoms with Crippen LogP contribution in [0.5, 0.6) is 5.75 Å².